The minimum absolute atomic E-state index is 0.560. The molecule has 0 bridgehead atoms. The van der Waals surface area contributed by atoms with Gasteiger partial charge in [0.2, 0.25) is 0 Å². The van der Waals surface area contributed by atoms with Gasteiger partial charge >= 0.3 is 5.97 Å². The van der Waals surface area contributed by atoms with Gasteiger partial charge in [-0.2, -0.15) is 0 Å². The molecular weight excluding hydrogens is 278 g/mol. The van der Waals surface area contributed by atoms with Crippen LogP contribution in [-0.2, 0) is 16.6 Å². The molecule has 116 valence electrons. The molecule has 1 N–H and O–H groups in total. The number of aromatic nitrogens is 1. The summed E-state index contributed by atoms with van der Waals surface area (Å²) >= 11 is 0. The van der Waals surface area contributed by atoms with Gasteiger partial charge in [-0.15, -0.1) is 0 Å². The first kappa shape index (κ1) is 14.8. The van der Waals surface area contributed by atoms with E-state index >= 15 is 0 Å². The van der Waals surface area contributed by atoms with Crippen LogP contribution in [0.15, 0.2) is 34.9 Å². The zero-order chi connectivity index (χ0) is 15.6. The zero-order valence-corrected chi connectivity index (χ0v) is 12.8. The molecule has 0 radical (unpaired) electrons. The van der Waals surface area contributed by atoms with E-state index in [1.54, 1.807) is 6.07 Å². The quantitative estimate of drug-likeness (QED) is 0.899. The lowest BCUT2D eigenvalue weighted by atomic mass is 9.82. The van der Waals surface area contributed by atoms with Gasteiger partial charge in [0, 0.05) is 11.6 Å². The number of benzene rings is 1. The summed E-state index contributed by atoms with van der Waals surface area (Å²) in [6.07, 6.45) is 5.32. The van der Waals surface area contributed by atoms with Gasteiger partial charge in [0.05, 0.1) is 0 Å². The summed E-state index contributed by atoms with van der Waals surface area (Å²) in [6, 6.07) is 10.00. The Morgan fingerprint density at radius 2 is 1.95 bits per heavy atom. The van der Waals surface area contributed by atoms with Crippen LogP contribution in [0.3, 0.4) is 0 Å². The maximum atomic E-state index is 11.7. The van der Waals surface area contributed by atoms with E-state index in [-0.39, 0.29) is 0 Å². The highest BCUT2D eigenvalue weighted by molar-refractivity contribution is 5.81. The summed E-state index contributed by atoms with van der Waals surface area (Å²) in [4.78, 5) is 11.7. The third-order valence-corrected chi connectivity index (χ3v) is 4.64. The van der Waals surface area contributed by atoms with Crippen LogP contribution in [0.25, 0.3) is 11.3 Å². The summed E-state index contributed by atoms with van der Waals surface area (Å²) in [5.74, 6) is -0.145. The smallest absolute Gasteiger partial charge is 0.315 e. The second kappa shape index (κ2) is 5.95. The topological polar surface area (TPSA) is 63.3 Å². The van der Waals surface area contributed by atoms with Crippen LogP contribution < -0.4 is 0 Å². The van der Waals surface area contributed by atoms with E-state index in [1.165, 1.54) is 5.56 Å². The molecule has 0 aliphatic heterocycles. The van der Waals surface area contributed by atoms with Gasteiger partial charge in [-0.05, 0) is 24.8 Å². The molecule has 1 aromatic carbocycles. The largest absolute Gasteiger partial charge is 0.481 e. The average Bonchev–Trinajstić information content (AvgIpc) is 3.18. The van der Waals surface area contributed by atoms with Gasteiger partial charge in [0.15, 0.2) is 5.76 Å². The zero-order valence-electron chi connectivity index (χ0n) is 12.8. The molecule has 4 nitrogen and oxygen atoms in total. The van der Waals surface area contributed by atoms with Crippen LogP contribution >= 0.6 is 0 Å². The number of aliphatic carboxylic acids is 1. The maximum Gasteiger partial charge on any atom is 0.315 e. The van der Waals surface area contributed by atoms with Gasteiger partial charge in [0.25, 0.3) is 0 Å². The van der Waals surface area contributed by atoms with E-state index in [4.69, 9.17) is 4.52 Å². The summed E-state index contributed by atoms with van der Waals surface area (Å²) in [7, 11) is 0. The van der Waals surface area contributed by atoms with Gasteiger partial charge in [-0.25, -0.2) is 0 Å². The monoisotopic (exact) mass is 299 g/mol. The van der Waals surface area contributed by atoms with Crippen molar-refractivity contribution >= 4 is 5.97 Å². The summed E-state index contributed by atoms with van der Waals surface area (Å²) in [6.45, 7) is 2.16. The molecule has 3 rings (SSSR count). The lowest BCUT2D eigenvalue weighted by Gasteiger charge is -2.19. The van der Waals surface area contributed by atoms with Crippen LogP contribution in [0.2, 0.25) is 0 Å². The fourth-order valence-corrected chi connectivity index (χ4v) is 3.32. The fraction of sp³-hybridized carbons (Fsp3) is 0.444. The third-order valence-electron chi connectivity index (χ3n) is 4.64. The van der Waals surface area contributed by atoms with Crippen molar-refractivity contribution in [2.45, 2.75) is 50.9 Å². The van der Waals surface area contributed by atoms with Crippen molar-refractivity contribution in [3.05, 3.63) is 41.6 Å². The summed E-state index contributed by atoms with van der Waals surface area (Å²) in [5, 5.41) is 13.7. The first-order valence-corrected chi connectivity index (χ1v) is 7.95. The molecular formula is C18H21NO3. The fourth-order valence-electron chi connectivity index (χ4n) is 3.32. The number of hydrogen-bond acceptors (Lipinski definition) is 3. The number of carbonyl (C=O) groups is 1. The molecule has 4 heteroatoms. The molecule has 1 heterocycles. The Balaban J connectivity index is 1.88. The van der Waals surface area contributed by atoms with Crippen molar-refractivity contribution < 1.29 is 14.4 Å². The van der Waals surface area contributed by atoms with Crippen molar-refractivity contribution in [3.63, 3.8) is 0 Å². The van der Waals surface area contributed by atoms with E-state index in [1.807, 2.05) is 12.1 Å². The highest BCUT2D eigenvalue weighted by atomic mass is 16.5. The normalized spacial score (nSPS) is 16.8. The number of aryl methyl sites for hydroxylation is 1. The van der Waals surface area contributed by atoms with Crippen LogP contribution in [0.1, 0.15) is 50.3 Å². The molecule has 0 saturated heterocycles. The Hall–Kier alpha value is -2.10. The first-order chi connectivity index (χ1) is 10.7. The molecule has 2 aromatic rings. The molecule has 0 atom stereocenters. The Morgan fingerprint density at radius 3 is 2.55 bits per heavy atom. The Labute approximate surface area is 130 Å². The second-order valence-corrected chi connectivity index (χ2v) is 6.12. The van der Waals surface area contributed by atoms with E-state index in [9.17, 15) is 9.90 Å². The Kier molecular flexibility index (Phi) is 4.01. The number of nitrogens with zero attached hydrogens (tertiary/aromatic N) is 1. The summed E-state index contributed by atoms with van der Waals surface area (Å²) < 4.78 is 5.42. The van der Waals surface area contributed by atoms with E-state index in [2.05, 4.69) is 24.2 Å². The van der Waals surface area contributed by atoms with Gasteiger partial charge < -0.3 is 9.63 Å². The predicted octanol–water partition coefficient (Wildman–Crippen LogP) is 4.19. The molecule has 1 saturated carbocycles. The summed E-state index contributed by atoms with van der Waals surface area (Å²) in [5.41, 5.74) is 1.94. The van der Waals surface area contributed by atoms with Crippen LogP contribution in [0.5, 0.6) is 0 Å². The van der Waals surface area contributed by atoms with Gasteiger partial charge in [0.1, 0.15) is 11.1 Å². The van der Waals surface area contributed by atoms with Crippen molar-refractivity contribution in [3.8, 4) is 11.3 Å². The standard InChI is InChI=1S/C18H21NO3/c1-2-5-13-6-8-14(9-7-13)15-12-16(19-22-15)18(17(20)21)10-3-4-11-18/h6-9,12H,2-5,10-11H2,1H3,(H,20,21). The lowest BCUT2D eigenvalue weighted by Crippen LogP contribution is -2.32. The second-order valence-electron chi connectivity index (χ2n) is 6.12. The van der Waals surface area contributed by atoms with Crippen molar-refractivity contribution in [2.75, 3.05) is 0 Å². The minimum atomic E-state index is -0.857. The molecule has 1 aromatic heterocycles. The number of hydrogen-bond donors (Lipinski definition) is 1. The first-order valence-electron chi connectivity index (χ1n) is 7.95. The van der Waals surface area contributed by atoms with E-state index < -0.39 is 11.4 Å². The highest BCUT2D eigenvalue weighted by Gasteiger charge is 2.45. The average molecular weight is 299 g/mol. The minimum Gasteiger partial charge on any atom is -0.481 e. The van der Waals surface area contributed by atoms with Crippen LogP contribution in [0, 0.1) is 0 Å². The van der Waals surface area contributed by atoms with E-state index in [0.717, 1.165) is 31.2 Å². The number of rotatable bonds is 5. The molecule has 1 aliphatic carbocycles. The maximum absolute atomic E-state index is 11.7. The van der Waals surface area contributed by atoms with Crippen molar-refractivity contribution in [1.29, 1.82) is 0 Å². The number of carboxylic acid groups (broad SMARTS) is 1. The SMILES string of the molecule is CCCc1ccc(-c2cc(C3(C(=O)O)CCCC3)no2)cc1. The van der Waals surface area contributed by atoms with E-state index in [0.29, 0.717) is 24.3 Å². The van der Waals surface area contributed by atoms with Crippen molar-refractivity contribution in [2.24, 2.45) is 0 Å². The molecule has 1 aliphatic rings. The Bertz CT molecular complexity index is 651. The molecule has 0 unspecified atom stereocenters. The molecule has 0 amide bonds. The molecule has 1 fully saturated rings. The number of carboxylic acids is 1. The van der Waals surface area contributed by atoms with Crippen LogP contribution in [0.4, 0.5) is 0 Å². The molecule has 22 heavy (non-hydrogen) atoms. The third kappa shape index (κ3) is 2.54. The van der Waals surface area contributed by atoms with Gasteiger partial charge in [-0.1, -0.05) is 55.6 Å². The lowest BCUT2D eigenvalue weighted by molar-refractivity contribution is -0.143. The van der Waals surface area contributed by atoms with Crippen molar-refractivity contribution in [1.82, 2.24) is 5.16 Å². The molecule has 0 spiro atoms. The Morgan fingerprint density at radius 1 is 1.27 bits per heavy atom. The highest BCUT2D eigenvalue weighted by Crippen LogP contribution is 2.41. The predicted molar refractivity (Wildman–Crippen MR) is 83.7 cm³/mol. The van der Waals surface area contributed by atoms with Gasteiger partial charge in [-0.3, -0.25) is 4.79 Å². The van der Waals surface area contributed by atoms with Crippen LogP contribution in [-0.4, -0.2) is 16.2 Å².